The van der Waals surface area contributed by atoms with E-state index in [2.05, 4.69) is 4.98 Å². The molecule has 0 amide bonds. The number of carboxylic acid groups (broad SMARTS) is 1. The van der Waals surface area contributed by atoms with Gasteiger partial charge in [-0.3, -0.25) is 9.78 Å². The molecule has 1 saturated heterocycles. The van der Waals surface area contributed by atoms with E-state index in [1.807, 2.05) is 17.0 Å². The minimum Gasteiger partial charge on any atom is -0.497 e. The van der Waals surface area contributed by atoms with Gasteiger partial charge in [0, 0.05) is 24.7 Å². The third-order valence-electron chi connectivity index (χ3n) is 4.40. The van der Waals surface area contributed by atoms with E-state index in [4.69, 9.17) is 9.47 Å². The van der Waals surface area contributed by atoms with Crippen LogP contribution in [0.25, 0.3) is 10.9 Å². The van der Waals surface area contributed by atoms with E-state index in [0.717, 1.165) is 5.39 Å². The summed E-state index contributed by atoms with van der Waals surface area (Å²) in [6.45, 7) is 2.90. The molecule has 25 heavy (non-hydrogen) atoms. The van der Waals surface area contributed by atoms with Crippen LogP contribution in [0, 0.1) is 5.92 Å². The Kier molecular flexibility index (Phi) is 4.74. The summed E-state index contributed by atoms with van der Waals surface area (Å²) in [6.07, 6.45) is 2.03. The van der Waals surface area contributed by atoms with E-state index in [-0.39, 0.29) is 6.61 Å². The third-order valence-corrected chi connectivity index (χ3v) is 4.40. The molecule has 7 heteroatoms. The molecular weight excluding hydrogens is 324 g/mol. The minimum atomic E-state index is -0.823. The predicted molar refractivity (Wildman–Crippen MR) is 92.2 cm³/mol. The average Bonchev–Trinajstić information content (AvgIpc) is 3.10. The molecule has 3 rings (SSSR count). The monoisotopic (exact) mass is 344 g/mol. The molecule has 1 aromatic carbocycles. The smallest absolute Gasteiger partial charge is 0.341 e. The number of esters is 1. The summed E-state index contributed by atoms with van der Waals surface area (Å²) in [5.41, 5.74) is 1.71. The van der Waals surface area contributed by atoms with Gasteiger partial charge in [-0.05, 0) is 31.5 Å². The maximum atomic E-state index is 12.4. The number of aromatic nitrogens is 1. The van der Waals surface area contributed by atoms with Crippen LogP contribution in [-0.2, 0) is 9.53 Å². The number of ether oxygens (including phenoxy) is 2. The highest BCUT2D eigenvalue weighted by molar-refractivity contribution is 6.05. The maximum absolute atomic E-state index is 12.4. The number of fused-ring (bicyclic) bond motifs is 1. The largest absolute Gasteiger partial charge is 0.497 e. The van der Waals surface area contributed by atoms with Crippen LogP contribution in [0.4, 0.5) is 5.69 Å². The summed E-state index contributed by atoms with van der Waals surface area (Å²) in [5.74, 6) is -1.10. The fourth-order valence-corrected chi connectivity index (χ4v) is 3.15. The van der Waals surface area contributed by atoms with Crippen LogP contribution in [0.15, 0.2) is 24.4 Å². The molecule has 1 fully saturated rings. The Labute approximate surface area is 145 Å². The van der Waals surface area contributed by atoms with Crippen LogP contribution < -0.4 is 9.64 Å². The van der Waals surface area contributed by atoms with Gasteiger partial charge in [0.1, 0.15) is 11.3 Å². The second-order valence-corrected chi connectivity index (χ2v) is 5.89. The van der Waals surface area contributed by atoms with Crippen LogP contribution in [0.3, 0.4) is 0 Å². The number of benzene rings is 1. The van der Waals surface area contributed by atoms with Gasteiger partial charge >= 0.3 is 11.9 Å². The van der Waals surface area contributed by atoms with Gasteiger partial charge in [0.2, 0.25) is 0 Å². The molecule has 1 aliphatic heterocycles. The number of methoxy groups -OCH3 is 1. The Morgan fingerprint density at radius 1 is 1.40 bits per heavy atom. The fraction of sp³-hybridized carbons (Fsp3) is 0.389. The standard InChI is InChI=1S/C18H20N2O5/c1-3-25-18(23)14-9-19-15-5-4-12(24-2)8-13(15)16(14)20-7-6-11(10-20)17(21)22/h4-5,8-9,11H,3,6-7,10H2,1-2H3,(H,21,22). The molecule has 132 valence electrons. The Balaban J connectivity index is 2.15. The first-order valence-corrected chi connectivity index (χ1v) is 8.16. The number of carbonyl (C=O) groups excluding carboxylic acids is 1. The normalized spacial score (nSPS) is 16.9. The number of anilines is 1. The highest BCUT2D eigenvalue weighted by Crippen LogP contribution is 2.35. The van der Waals surface area contributed by atoms with Gasteiger partial charge in [-0.1, -0.05) is 0 Å². The van der Waals surface area contributed by atoms with Gasteiger partial charge in [-0.2, -0.15) is 0 Å². The van der Waals surface area contributed by atoms with Crippen LogP contribution in [0.5, 0.6) is 5.75 Å². The van der Waals surface area contributed by atoms with Crippen molar-refractivity contribution in [2.45, 2.75) is 13.3 Å². The molecule has 1 aromatic heterocycles. The SMILES string of the molecule is CCOC(=O)c1cnc2ccc(OC)cc2c1N1CCC(C(=O)O)C1. The first-order valence-electron chi connectivity index (χ1n) is 8.16. The van der Waals surface area contributed by atoms with Gasteiger partial charge in [-0.15, -0.1) is 0 Å². The van der Waals surface area contributed by atoms with Crippen LogP contribution in [0.2, 0.25) is 0 Å². The first kappa shape index (κ1) is 17.0. The minimum absolute atomic E-state index is 0.256. The number of carboxylic acids is 1. The Bertz CT molecular complexity index is 820. The highest BCUT2D eigenvalue weighted by atomic mass is 16.5. The van der Waals surface area contributed by atoms with E-state index >= 15 is 0 Å². The van der Waals surface area contributed by atoms with Gasteiger partial charge in [0.05, 0.1) is 30.8 Å². The van der Waals surface area contributed by atoms with Crippen molar-refractivity contribution in [2.75, 3.05) is 31.7 Å². The summed E-state index contributed by atoms with van der Waals surface area (Å²) in [4.78, 5) is 30.0. The third kappa shape index (κ3) is 3.22. The fourth-order valence-electron chi connectivity index (χ4n) is 3.15. The van der Waals surface area contributed by atoms with Gasteiger partial charge in [0.15, 0.2) is 0 Å². The summed E-state index contributed by atoms with van der Waals surface area (Å²) < 4.78 is 10.4. The zero-order valence-corrected chi connectivity index (χ0v) is 14.2. The molecule has 0 spiro atoms. The molecule has 0 aliphatic carbocycles. The molecule has 1 atom stereocenters. The van der Waals surface area contributed by atoms with Crippen LogP contribution >= 0.6 is 0 Å². The number of nitrogens with zero attached hydrogens (tertiary/aromatic N) is 2. The predicted octanol–water partition coefficient (Wildman–Crippen LogP) is 2.33. The zero-order valence-electron chi connectivity index (χ0n) is 14.2. The van der Waals surface area contributed by atoms with E-state index in [1.54, 1.807) is 20.1 Å². The van der Waals surface area contributed by atoms with Crippen LogP contribution in [0.1, 0.15) is 23.7 Å². The van der Waals surface area contributed by atoms with Crippen molar-refractivity contribution in [3.8, 4) is 5.75 Å². The van der Waals surface area contributed by atoms with E-state index in [9.17, 15) is 14.7 Å². The van der Waals surface area contributed by atoms with E-state index in [1.165, 1.54) is 6.20 Å². The maximum Gasteiger partial charge on any atom is 0.341 e. The number of pyridine rings is 1. The summed E-state index contributed by atoms with van der Waals surface area (Å²) in [6, 6.07) is 5.43. The number of carbonyl (C=O) groups is 2. The number of aliphatic carboxylic acids is 1. The van der Waals surface area contributed by atoms with E-state index < -0.39 is 17.9 Å². The molecule has 1 unspecified atom stereocenters. The van der Waals surface area contributed by atoms with Crippen LogP contribution in [-0.4, -0.2) is 48.8 Å². The second-order valence-electron chi connectivity index (χ2n) is 5.89. The topological polar surface area (TPSA) is 89.0 Å². The Hall–Kier alpha value is -2.83. The summed E-state index contributed by atoms with van der Waals surface area (Å²) in [7, 11) is 1.57. The van der Waals surface area contributed by atoms with Gasteiger partial charge in [-0.25, -0.2) is 4.79 Å². The molecule has 0 radical (unpaired) electrons. The molecule has 1 aliphatic rings. The van der Waals surface area contributed by atoms with Crippen molar-refractivity contribution in [1.29, 1.82) is 0 Å². The van der Waals surface area contributed by atoms with Gasteiger partial charge in [0.25, 0.3) is 0 Å². The number of hydrogen-bond donors (Lipinski definition) is 1. The first-order chi connectivity index (χ1) is 12.0. The molecule has 0 saturated carbocycles. The zero-order chi connectivity index (χ0) is 18.0. The molecule has 2 heterocycles. The Morgan fingerprint density at radius 2 is 2.20 bits per heavy atom. The molecular formula is C18H20N2O5. The lowest BCUT2D eigenvalue weighted by atomic mass is 10.1. The molecule has 0 bridgehead atoms. The lowest BCUT2D eigenvalue weighted by molar-refractivity contribution is -0.140. The van der Waals surface area contributed by atoms with E-state index in [0.29, 0.717) is 42.0 Å². The van der Waals surface area contributed by atoms with Crippen molar-refractivity contribution in [2.24, 2.45) is 5.92 Å². The van der Waals surface area contributed by atoms with Gasteiger partial charge < -0.3 is 19.5 Å². The van der Waals surface area contributed by atoms with Crippen molar-refractivity contribution in [3.63, 3.8) is 0 Å². The number of rotatable bonds is 5. The molecule has 2 aromatic rings. The van der Waals surface area contributed by atoms with Crippen molar-refractivity contribution >= 4 is 28.5 Å². The molecule has 7 nitrogen and oxygen atoms in total. The lowest BCUT2D eigenvalue weighted by Gasteiger charge is -2.23. The highest BCUT2D eigenvalue weighted by Gasteiger charge is 2.31. The quantitative estimate of drug-likeness (QED) is 0.833. The van der Waals surface area contributed by atoms with Crippen molar-refractivity contribution in [1.82, 2.24) is 4.98 Å². The summed E-state index contributed by atoms with van der Waals surface area (Å²) in [5, 5.41) is 10.0. The average molecular weight is 344 g/mol. The Morgan fingerprint density at radius 3 is 2.84 bits per heavy atom. The second kappa shape index (κ2) is 6.96. The summed E-state index contributed by atoms with van der Waals surface area (Å²) >= 11 is 0. The van der Waals surface area contributed by atoms with Crippen molar-refractivity contribution in [3.05, 3.63) is 30.0 Å². The lowest BCUT2D eigenvalue weighted by Crippen LogP contribution is -2.25. The van der Waals surface area contributed by atoms with Crippen molar-refractivity contribution < 1.29 is 24.2 Å². The molecule has 1 N–H and O–H groups in total. The number of hydrogen-bond acceptors (Lipinski definition) is 6.